The van der Waals surface area contributed by atoms with Gasteiger partial charge in [-0.1, -0.05) is 26.0 Å². The number of aryl methyl sites for hydroxylation is 1. The first-order chi connectivity index (χ1) is 9.88. The number of nitrogens with zero attached hydrogens (tertiary/aromatic N) is 2. The molecule has 4 nitrogen and oxygen atoms in total. The Morgan fingerprint density at radius 2 is 1.76 bits per heavy atom. The molecule has 0 atom stereocenters. The lowest BCUT2D eigenvalue weighted by atomic mass is 10.1. The fourth-order valence-corrected chi connectivity index (χ4v) is 2.17. The SMILES string of the molecule is CC(C)CN(CCN(C)C)C(=O)CCc1ccc(N)cc1. The lowest BCUT2D eigenvalue weighted by Gasteiger charge is -2.26. The maximum absolute atomic E-state index is 12.4. The average Bonchev–Trinajstić information content (AvgIpc) is 2.42. The second-order valence-electron chi connectivity index (χ2n) is 6.28. The highest BCUT2D eigenvalue weighted by molar-refractivity contribution is 5.76. The van der Waals surface area contributed by atoms with Crippen molar-refractivity contribution in [3.8, 4) is 0 Å². The Morgan fingerprint density at radius 3 is 2.29 bits per heavy atom. The van der Waals surface area contributed by atoms with Crippen LogP contribution in [0.15, 0.2) is 24.3 Å². The summed E-state index contributed by atoms with van der Waals surface area (Å²) in [7, 11) is 4.07. The van der Waals surface area contributed by atoms with E-state index in [4.69, 9.17) is 5.73 Å². The fourth-order valence-electron chi connectivity index (χ4n) is 2.17. The van der Waals surface area contributed by atoms with Gasteiger partial charge in [0.05, 0.1) is 0 Å². The van der Waals surface area contributed by atoms with E-state index < -0.39 is 0 Å². The third kappa shape index (κ3) is 7.14. The number of hydrogen-bond donors (Lipinski definition) is 1. The molecule has 0 unspecified atom stereocenters. The molecule has 118 valence electrons. The van der Waals surface area contributed by atoms with Gasteiger partial charge in [-0.25, -0.2) is 0 Å². The Hall–Kier alpha value is -1.55. The molecular formula is C17H29N3O. The number of amides is 1. The van der Waals surface area contributed by atoms with Crippen molar-refractivity contribution in [2.75, 3.05) is 39.5 Å². The number of carbonyl (C=O) groups is 1. The van der Waals surface area contributed by atoms with Crippen molar-refractivity contribution in [3.63, 3.8) is 0 Å². The fraction of sp³-hybridized carbons (Fsp3) is 0.588. The molecule has 1 aromatic rings. The molecule has 0 bridgehead atoms. The lowest BCUT2D eigenvalue weighted by Crippen LogP contribution is -2.39. The van der Waals surface area contributed by atoms with Crippen molar-refractivity contribution in [2.24, 2.45) is 5.92 Å². The Labute approximate surface area is 128 Å². The van der Waals surface area contributed by atoms with Gasteiger partial charge in [0.1, 0.15) is 0 Å². The molecule has 0 aromatic heterocycles. The van der Waals surface area contributed by atoms with Gasteiger partial charge in [0, 0.05) is 31.7 Å². The highest BCUT2D eigenvalue weighted by Crippen LogP contribution is 2.10. The highest BCUT2D eigenvalue weighted by Gasteiger charge is 2.14. The summed E-state index contributed by atoms with van der Waals surface area (Å²) >= 11 is 0. The molecule has 0 radical (unpaired) electrons. The largest absolute Gasteiger partial charge is 0.399 e. The summed E-state index contributed by atoms with van der Waals surface area (Å²) in [6.45, 7) is 6.83. The Morgan fingerprint density at radius 1 is 1.14 bits per heavy atom. The molecule has 0 aliphatic rings. The standard InChI is InChI=1S/C17H29N3O/c1-14(2)13-20(12-11-19(3)4)17(21)10-7-15-5-8-16(18)9-6-15/h5-6,8-9,14H,7,10-13,18H2,1-4H3. The third-order valence-corrected chi connectivity index (χ3v) is 3.36. The normalized spacial score (nSPS) is 11.1. The first-order valence-electron chi connectivity index (χ1n) is 7.65. The molecule has 0 saturated heterocycles. The average molecular weight is 291 g/mol. The van der Waals surface area contributed by atoms with Crippen LogP contribution in [0.4, 0.5) is 5.69 Å². The van der Waals surface area contributed by atoms with E-state index in [1.165, 1.54) is 0 Å². The highest BCUT2D eigenvalue weighted by atomic mass is 16.2. The second kappa shape index (κ2) is 8.67. The molecule has 2 N–H and O–H groups in total. The number of carbonyl (C=O) groups excluding carboxylic acids is 1. The van der Waals surface area contributed by atoms with Crippen LogP contribution < -0.4 is 5.73 Å². The number of nitrogen functional groups attached to an aromatic ring is 1. The molecule has 0 fully saturated rings. The van der Waals surface area contributed by atoms with Gasteiger partial charge in [-0.2, -0.15) is 0 Å². The predicted octanol–water partition coefficient (Wildman–Crippen LogP) is 2.25. The number of likely N-dealkylation sites (N-methyl/N-ethyl adjacent to an activating group) is 1. The first-order valence-corrected chi connectivity index (χ1v) is 7.65. The van der Waals surface area contributed by atoms with Gasteiger partial charge in [-0.15, -0.1) is 0 Å². The van der Waals surface area contributed by atoms with Crippen LogP contribution in [0.5, 0.6) is 0 Å². The molecule has 0 heterocycles. The smallest absolute Gasteiger partial charge is 0.222 e. The summed E-state index contributed by atoms with van der Waals surface area (Å²) < 4.78 is 0. The lowest BCUT2D eigenvalue weighted by molar-refractivity contribution is -0.131. The maximum atomic E-state index is 12.4. The van der Waals surface area contributed by atoms with E-state index in [1.54, 1.807) is 0 Å². The van der Waals surface area contributed by atoms with Gasteiger partial charge < -0.3 is 15.5 Å². The van der Waals surface area contributed by atoms with Crippen LogP contribution in [0.1, 0.15) is 25.8 Å². The molecule has 1 aromatic carbocycles. The van der Waals surface area contributed by atoms with Gasteiger partial charge in [0.2, 0.25) is 5.91 Å². The third-order valence-electron chi connectivity index (χ3n) is 3.36. The van der Waals surface area contributed by atoms with Crippen LogP contribution >= 0.6 is 0 Å². The number of nitrogens with two attached hydrogens (primary N) is 1. The van der Waals surface area contributed by atoms with Gasteiger partial charge in [0.25, 0.3) is 0 Å². The minimum Gasteiger partial charge on any atom is -0.399 e. The van der Waals surface area contributed by atoms with Crippen molar-refractivity contribution in [2.45, 2.75) is 26.7 Å². The molecule has 0 aliphatic heterocycles. The number of anilines is 1. The Bertz CT molecular complexity index is 426. The van der Waals surface area contributed by atoms with Gasteiger partial charge in [-0.05, 0) is 44.1 Å². The van der Waals surface area contributed by atoms with Crippen molar-refractivity contribution >= 4 is 11.6 Å². The number of benzene rings is 1. The van der Waals surface area contributed by atoms with E-state index in [0.29, 0.717) is 12.3 Å². The summed E-state index contributed by atoms with van der Waals surface area (Å²) in [6, 6.07) is 7.76. The van der Waals surface area contributed by atoms with Crippen LogP contribution in [0.2, 0.25) is 0 Å². The summed E-state index contributed by atoms with van der Waals surface area (Å²) in [5.74, 6) is 0.731. The molecular weight excluding hydrogens is 262 g/mol. The second-order valence-corrected chi connectivity index (χ2v) is 6.28. The Balaban J connectivity index is 2.52. The zero-order chi connectivity index (χ0) is 15.8. The summed E-state index contributed by atoms with van der Waals surface area (Å²) in [5, 5.41) is 0. The van der Waals surface area contributed by atoms with E-state index in [-0.39, 0.29) is 5.91 Å². The van der Waals surface area contributed by atoms with Crippen molar-refractivity contribution in [3.05, 3.63) is 29.8 Å². The molecule has 0 aliphatic carbocycles. The molecule has 1 rings (SSSR count). The monoisotopic (exact) mass is 291 g/mol. The number of rotatable bonds is 8. The van der Waals surface area contributed by atoms with Crippen LogP contribution in [0.3, 0.4) is 0 Å². The predicted molar refractivity (Wildman–Crippen MR) is 89.1 cm³/mol. The minimum absolute atomic E-state index is 0.238. The molecule has 1 amide bonds. The molecule has 0 saturated carbocycles. The van der Waals surface area contributed by atoms with Gasteiger partial charge in [0.15, 0.2) is 0 Å². The molecule has 21 heavy (non-hydrogen) atoms. The van der Waals surface area contributed by atoms with Crippen molar-refractivity contribution < 1.29 is 4.79 Å². The van der Waals surface area contributed by atoms with Crippen LogP contribution in [0.25, 0.3) is 0 Å². The topological polar surface area (TPSA) is 49.6 Å². The van der Waals surface area contributed by atoms with Crippen molar-refractivity contribution in [1.82, 2.24) is 9.80 Å². The van der Waals surface area contributed by atoms with Crippen LogP contribution in [-0.2, 0) is 11.2 Å². The zero-order valence-corrected chi connectivity index (χ0v) is 13.8. The quantitative estimate of drug-likeness (QED) is 0.747. The molecule has 4 heteroatoms. The minimum atomic E-state index is 0.238. The summed E-state index contributed by atoms with van der Waals surface area (Å²) in [4.78, 5) is 16.5. The zero-order valence-electron chi connectivity index (χ0n) is 13.8. The maximum Gasteiger partial charge on any atom is 0.222 e. The Kier molecular flexibility index (Phi) is 7.23. The van der Waals surface area contributed by atoms with E-state index in [1.807, 2.05) is 43.3 Å². The van der Waals surface area contributed by atoms with E-state index in [2.05, 4.69) is 18.7 Å². The first kappa shape index (κ1) is 17.5. The van der Waals surface area contributed by atoms with E-state index >= 15 is 0 Å². The van der Waals surface area contributed by atoms with E-state index in [0.717, 1.165) is 37.3 Å². The van der Waals surface area contributed by atoms with Gasteiger partial charge in [-0.3, -0.25) is 4.79 Å². The summed E-state index contributed by atoms with van der Waals surface area (Å²) in [5.41, 5.74) is 7.60. The number of hydrogen-bond acceptors (Lipinski definition) is 3. The summed E-state index contributed by atoms with van der Waals surface area (Å²) in [6.07, 6.45) is 1.33. The molecule has 0 spiro atoms. The van der Waals surface area contributed by atoms with Crippen molar-refractivity contribution in [1.29, 1.82) is 0 Å². The van der Waals surface area contributed by atoms with Crippen LogP contribution in [0, 0.1) is 5.92 Å². The van der Waals surface area contributed by atoms with Crippen LogP contribution in [-0.4, -0.2) is 49.4 Å². The van der Waals surface area contributed by atoms with E-state index in [9.17, 15) is 4.79 Å². The van der Waals surface area contributed by atoms with Gasteiger partial charge >= 0.3 is 0 Å².